The Morgan fingerprint density at radius 2 is 2.19 bits per heavy atom. The summed E-state index contributed by atoms with van der Waals surface area (Å²) in [6, 6.07) is 2.04. The van der Waals surface area contributed by atoms with Crippen molar-refractivity contribution >= 4 is 28.6 Å². The van der Waals surface area contributed by atoms with Gasteiger partial charge in [0.2, 0.25) is 0 Å². The Morgan fingerprint density at radius 3 is 2.81 bits per heavy atom. The molecule has 0 aliphatic heterocycles. The molecule has 0 atom stereocenters. The van der Waals surface area contributed by atoms with Crippen molar-refractivity contribution in [1.82, 2.24) is 15.0 Å². The molecular formula is C10H9N5S. The quantitative estimate of drug-likeness (QED) is 0.591. The van der Waals surface area contributed by atoms with Crippen molar-refractivity contribution in [2.45, 2.75) is 12.1 Å². The minimum Gasteiger partial charge on any atom is -0.383 e. The lowest BCUT2D eigenvalue weighted by molar-refractivity contribution is 0.990. The van der Waals surface area contributed by atoms with E-state index < -0.39 is 0 Å². The number of pyridine rings is 1. The molecule has 0 fully saturated rings. The van der Waals surface area contributed by atoms with Crippen LogP contribution in [-0.2, 0) is 0 Å². The first-order chi connectivity index (χ1) is 7.67. The zero-order valence-corrected chi connectivity index (χ0v) is 9.67. The van der Waals surface area contributed by atoms with Gasteiger partial charge in [0, 0.05) is 11.6 Å². The predicted octanol–water partition coefficient (Wildman–Crippen LogP) is 1.51. The van der Waals surface area contributed by atoms with E-state index in [1.54, 1.807) is 6.20 Å². The van der Waals surface area contributed by atoms with Crippen LogP contribution < -0.4 is 5.73 Å². The van der Waals surface area contributed by atoms with Crippen LogP contribution in [0.1, 0.15) is 11.1 Å². The average Bonchev–Trinajstić information content (AvgIpc) is 2.28. The number of hydrogen-bond acceptors (Lipinski definition) is 6. The molecule has 5 nitrogen and oxygen atoms in total. The van der Waals surface area contributed by atoms with Crippen molar-refractivity contribution < 1.29 is 0 Å². The molecule has 0 saturated heterocycles. The van der Waals surface area contributed by atoms with Crippen molar-refractivity contribution in [1.29, 1.82) is 5.26 Å². The fourth-order valence-corrected chi connectivity index (χ4v) is 1.78. The molecular weight excluding hydrogens is 222 g/mol. The smallest absolute Gasteiger partial charge is 0.189 e. The van der Waals surface area contributed by atoms with Gasteiger partial charge in [-0.25, -0.2) is 15.0 Å². The minimum atomic E-state index is 0.221. The molecule has 6 heteroatoms. The van der Waals surface area contributed by atoms with E-state index >= 15 is 0 Å². The highest BCUT2D eigenvalue weighted by atomic mass is 32.2. The lowest BCUT2D eigenvalue weighted by atomic mass is 10.1. The zero-order chi connectivity index (χ0) is 11.7. The Kier molecular flexibility index (Phi) is 2.62. The number of nitrogens with zero attached hydrogens (tertiary/aromatic N) is 4. The largest absolute Gasteiger partial charge is 0.383 e. The van der Waals surface area contributed by atoms with Crippen LogP contribution in [0.25, 0.3) is 11.0 Å². The first-order valence-electron chi connectivity index (χ1n) is 4.54. The van der Waals surface area contributed by atoms with E-state index in [1.165, 1.54) is 11.8 Å². The van der Waals surface area contributed by atoms with Gasteiger partial charge >= 0.3 is 0 Å². The van der Waals surface area contributed by atoms with Gasteiger partial charge in [0.25, 0.3) is 0 Å². The summed E-state index contributed by atoms with van der Waals surface area (Å²) < 4.78 is 0. The third-order valence-electron chi connectivity index (χ3n) is 2.30. The van der Waals surface area contributed by atoms with Gasteiger partial charge in [-0.2, -0.15) is 5.26 Å². The summed E-state index contributed by atoms with van der Waals surface area (Å²) in [5.41, 5.74) is 7.40. The molecule has 0 saturated carbocycles. The summed E-state index contributed by atoms with van der Waals surface area (Å²) in [4.78, 5) is 12.5. The van der Waals surface area contributed by atoms with Crippen LogP contribution in [0.15, 0.2) is 11.4 Å². The van der Waals surface area contributed by atoms with Crippen molar-refractivity contribution in [2.24, 2.45) is 0 Å². The number of nitrogen functional groups attached to an aromatic ring is 1. The molecule has 0 radical (unpaired) electrons. The molecule has 0 aliphatic rings. The van der Waals surface area contributed by atoms with E-state index in [4.69, 9.17) is 11.0 Å². The Morgan fingerprint density at radius 1 is 1.44 bits per heavy atom. The summed E-state index contributed by atoms with van der Waals surface area (Å²) in [5.74, 6) is 0.221. The Labute approximate surface area is 96.7 Å². The number of thioether (sulfide) groups is 1. The average molecular weight is 231 g/mol. The van der Waals surface area contributed by atoms with Gasteiger partial charge in [-0.3, -0.25) is 0 Å². The predicted molar refractivity (Wildman–Crippen MR) is 63.0 cm³/mol. The fourth-order valence-electron chi connectivity index (χ4n) is 1.44. The lowest BCUT2D eigenvalue weighted by Gasteiger charge is -2.05. The highest BCUT2D eigenvalue weighted by molar-refractivity contribution is 7.98. The molecule has 2 aromatic heterocycles. The number of aromatic nitrogens is 3. The number of rotatable bonds is 1. The molecule has 2 rings (SSSR count). The third-order valence-corrected chi connectivity index (χ3v) is 2.86. The van der Waals surface area contributed by atoms with Gasteiger partial charge in [-0.05, 0) is 18.7 Å². The van der Waals surface area contributed by atoms with Crippen LogP contribution in [0.2, 0.25) is 0 Å². The summed E-state index contributed by atoms with van der Waals surface area (Å²) in [7, 11) is 0. The SMILES string of the molecule is CSc1ncc2c(C)c(C#N)c(N)nc2n1. The molecule has 80 valence electrons. The first kappa shape index (κ1) is 10.6. The lowest BCUT2D eigenvalue weighted by Crippen LogP contribution is -2.01. The second kappa shape index (κ2) is 3.94. The Bertz CT molecular complexity index is 602. The molecule has 0 unspecified atom stereocenters. The highest BCUT2D eigenvalue weighted by Gasteiger charge is 2.11. The maximum absolute atomic E-state index is 8.94. The van der Waals surface area contributed by atoms with Crippen LogP contribution in [0.5, 0.6) is 0 Å². The summed E-state index contributed by atoms with van der Waals surface area (Å²) in [5, 5.41) is 10.4. The van der Waals surface area contributed by atoms with Gasteiger partial charge in [-0.15, -0.1) is 0 Å². The molecule has 0 spiro atoms. The van der Waals surface area contributed by atoms with Crippen molar-refractivity contribution in [2.75, 3.05) is 12.0 Å². The van der Waals surface area contributed by atoms with Crippen molar-refractivity contribution in [3.63, 3.8) is 0 Å². The second-order valence-corrected chi connectivity index (χ2v) is 3.98. The minimum absolute atomic E-state index is 0.221. The van der Waals surface area contributed by atoms with Crippen molar-refractivity contribution in [3.8, 4) is 6.07 Å². The van der Waals surface area contributed by atoms with Crippen LogP contribution in [0.4, 0.5) is 5.82 Å². The topological polar surface area (TPSA) is 88.5 Å². The number of anilines is 1. The van der Waals surface area contributed by atoms with E-state index in [9.17, 15) is 0 Å². The molecule has 0 aliphatic carbocycles. The number of aryl methyl sites for hydroxylation is 1. The van der Waals surface area contributed by atoms with Crippen LogP contribution >= 0.6 is 11.8 Å². The molecule has 2 heterocycles. The molecule has 16 heavy (non-hydrogen) atoms. The summed E-state index contributed by atoms with van der Waals surface area (Å²) in [6.07, 6.45) is 3.57. The maximum atomic E-state index is 8.94. The fraction of sp³-hybridized carbons (Fsp3) is 0.200. The summed E-state index contributed by atoms with van der Waals surface area (Å²) in [6.45, 7) is 1.82. The van der Waals surface area contributed by atoms with Gasteiger partial charge in [-0.1, -0.05) is 11.8 Å². The van der Waals surface area contributed by atoms with Crippen LogP contribution in [0.3, 0.4) is 0 Å². The van der Waals surface area contributed by atoms with Crippen LogP contribution in [0, 0.1) is 18.3 Å². The Balaban J connectivity index is 2.83. The van der Waals surface area contributed by atoms with E-state index in [1.807, 2.05) is 19.2 Å². The maximum Gasteiger partial charge on any atom is 0.189 e. The third kappa shape index (κ3) is 1.55. The first-order valence-corrected chi connectivity index (χ1v) is 5.76. The molecule has 0 aromatic carbocycles. The molecule has 2 N–H and O–H groups in total. The van der Waals surface area contributed by atoms with Gasteiger partial charge in [0.05, 0.1) is 5.56 Å². The normalized spacial score (nSPS) is 10.3. The molecule has 0 bridgehead atoms. The van der Waals surface area contributed by atoms with E-state index in [2.05, 4.69) is 15.0 Å². The zero-order valence-electron chi connectivity index (χ0n) is 8.85. The van der Waals surface area contributed by atoms with E-state index in [0.29, 0.717) is 16.4 Å². The van der Waals surface area contributed by atoms with E-state index in [-0.39, 0.29) is 5.82 Å². The number of nitrogens with two attached hydrogens (primary N) is 1. The van der Waals surface area contributed by atoms with Gasteiger partial charge in [0.15, 0.2) is 10.8 Å². The number of hydrogen-bond donors (Lipinski definition) is 1. The van der Waals surface area contributed by atoms with E-state index in [0.717, 1.165) is 10.9 Å². The highest BCUT2D eigenvalue weighted by Crippen LogP contribution is 2.23. The monoisotopic (exact) mass is 231 g/mol. The molecule has 2 aromatic rings. The van der Waals surface area contributed by atoms with Gasteiger partial charge < -0.3 is 5.73 Å². The number of nitriles is 1. The standard InChI is InChI=1S/C10H9N5S/c1-5-6(3-11)8(12)14-9-7(5)4-13-10(15-9)16-2/h4H,1-2H3,(H2,12,13,14,15). The summed E-state index contributed by atoms with van der Waals surface area (Å²) >= 11 is 1.44. The number of fused-ring (bicyclic) bond motifs is 1. The molecule has 0 amide bonds. The van der Waals surface area contributed by atoms with Crippen molar-refractivity contribution in [3.05, 3.63) is 17.3 Å². The van der Waals surface area contributed by atoms with Gasteiger partial charge in [0.1, 0.15) is 11.9 Å². The van der Waals surface area contributed by atoms with Crippen LogP contribution in [-0.4, -0.2) is 21.2 Å². The Hall–Kier alpha value is -1.87. The second-order valence-electron chi connectivity index (χ2n) is 3.20.